The van der Waals surface area contributed by atoms with Crippen LogP contribution in [-0.2, 0) is 0 Å². The van der Waals surface area contributed by atoms with Gasteiger partial charge in [0.05, 0.1) is 0 Å². The van der Waals surface area contributed by atoms with E-state index >= 15 is 0 Å². The molecule has 0 aliphatic heterocycles. The smallest absolute Gasteiger partial charge is 0.0287 e. The molecule has 0 radical (unpaired) electrons. The molecule has 13 fully saturated rings. The van der Waals surface area contributed by atoms with Gasteiger partial charge >= 0.3 is 0 Å². The molecule has 216 valence electrons. The molecule has 0 nitrogen and oxygen atoms in total. The molecule has 12 bridgehead atoms. The minimum absolute atomic E-state index is 0.813. The summed E-state index contributed by atoms with van der Waals surface area (Å²) in [7, 11) is 0. The van der Waals surface area contributed by atoms with Crippen LogP contribution in [0.1, 0.15) is 154 Å². The normalized spacial score (nSPS) is 61.8. The van der Waals surface area contributed by atoms with Gasteiger partial charge in [-0.05, 0) is 241 Å². The molecule has 0 amide bonds. The molecular weight excluding hydrogens is 468 g/mol. The van der Waals surface area contributed by atoms with Crippen LogP contribution in [0.2, 0.25) is 0 Å². The topological polar surface area (TPSA) is 0 Å². The van der Waals surface area contributed by atoms with Crippen molar-refractivity contribution in [3.05, 3.63) is 0 Å². The van der Waals surface area contributed by atoms with Crippen LogP contribution in [0.3, 0.4) is 0 Å². The van der Waals surface area contributed by atoms with Crippen LogP contribution < -0.4 is 0 Å². The van der Waals surface area contributed by atoms with Gasteiger partial charge in [-0.15, -0.1) is 0 Å². The molecule has 13 aliphatic carbocycles. The lowest BCUT2D eigenvalue weighted by molar-refractivity contribution is -0.0917. The van der Waals surface area contributed by atoms with Crippen molar-refractivity contribution in [2.45, 2.75) is 154 Å². The molecule has 0 saturated heterocycles. The second kappa shape index (κ2) is 8.55. The summed E-state index contributed by atoms with van der Waals surface area (Å²) in [6, 6.07) is 0. The number of rotatable bonds is 6. The molecule has 13 aliphatic rings. The molecule has 13 rings (SSSR count). The lowest BCUT2D eigenvalue weighted by atomic mass is 9.45. The Kier molecular flexibility index (Phi) is 5.36. The van der Waals surface area contributed by atoms with Gasteiger partial charge in [-0.2, -0.15) is 0 Å². The highest BCUT2D eigenvalue weighted by Gasteiger charge is 2.55. The summed E-state index contributed by atoms with van der Waals surface area (Å²) in [6.45, 7) is 0. The molecule has 39 heavy (non-hydrogen) atoms. The monoisotopic (exact) mass is 528 g/mol. The van der Waals surface area contributed by atoms with Gasteiger partial charge in [-0.1, -0.05) is 0 Å². The minimum Gasteiger partial charge on any atom is -0.0475 e. The van der Waals surface area contributed by atoms with Crippen LogP contribution in [0.25, 0.3) is 0 Å². The fraction of sp³-hybridized carbons (Fsp3) is 1.00. The Bertz CT molecular complexity index is 733. The Morgan fingerprint density at radius 2 is 0.436 bits per heavy atom. The zero-order chi connectivity index (χ0) is 25.4. The third-order valence-corrected chi connectivity index (χ3v) is 16.7. The van der Waals surface area contributed by atoms with E-state index in [9.17, 15) is 0 Å². The van der Waals surface area contributed by atoms with Crippen LogP contribution in [0.4, 0.5) is 0 Å². The average molecular weight is 529 g/mol. The third-order valence-electron chi connectivity index (χ3n) is 16.7. The first-order valence-electron chi connectivity index (χ1n) is 18.9. The summed E-state index contributed by atoms with van der Waals surface area (Å²) in [4.78, 5) is 0. The van der Waals surface area contributed by atoms with E-state index in [4.69, 9.17) is 0 Å². The van der Waals surface area contributed by atoms with Gasteiger partial charge in [0.25, 0.3) is 0 Å². The van der Waals surface area contributed by atoms with Gasteiger partial charge in [0, 0.05) is 0 Å². The predicted molar refractivity (Wildman–Crippen MR) is 160 cm³/mol. The molecule has 13 saturated carbocycles. The lowest BCUT2D eigenvalue weighted by Crippen LogP contribution is -2.49. The van der Waals surface area contributed by atoms with Gasteiger partial charge in [-0.25, -0.2) is 0 Å². The SMILES string of the molecule is C1C(CC23CC4CC(CC(C4)C2)C3)CC(CC23CC4CC(CC(C4)C2)C3)CC1CC12CC3CC(CC(C3)C1)C2. The lowest BCUT2D eigenvalue weighted by Gasteiger charge is -2.60. The molecule has 0 aromatic rings. The van der Waals surface area contributed by atoms with E-state index in [0.717, 1.165) is 87.3 Å². The van der Waals surface area contributed by atoms with E-state index < -0.39 is 0 Å². The van der Waals surface area contributed by atoms with Gasteiger partial charge in [-0.3, -0.25) is 0 Å². The van der Waals surface area contributed by atoms with Crippen molar-refractivity contribution < 1.29 is 0 Å². The molecule has 0 N–H and O–H groups in total. The van der Waals surface area contributed by atoms with Crippen LogP contribution in [0.5, 0.6) is 0 Å². The van der Waals surface area contributed by atoms with Crippen molar-refractivity contribution in [3.8, 4) is 0 Å². The molecule has 0 heterocycles. The summed E-state index contributed by atoms with van der Waals surface area (Å²) in [5.74, 6) is 13.6. The number of hydrogen-bond donors (Lipinski definition) is 0. The Labute approximate surface area is 241 Å². The fourth-order valence-corrected chi connectivity index (χ4v) is 17.7. The Balaban J connectivity index is 0.906. The second-order valence-corrected chi connectivity index (χ2v) is 20.2. The van der Waals surface area contributed by atoms with E-state index in [1.165, 1.54) is 0 Å². The van der Waals surface area contributed by atoms with Crippen molar-refractivity contribution in [3.63, 3.8) is 0 Å². The summed E-state index contributed by atoms with van der Waals surface area (Å²) in [5, 5.41) is 0. The van der Waals surface area contributed by atoms with E-state index in [2.05, 4.69) is 0 Å². The molecule has 0 aromatic carbocycles. The molecule has 0 atom stereocenters. The van der Waals surface area contributed by atoms with Gasteiger partial charge in [0.15, 0.2) is 0 Å². The van der Waals surface area contributed by atoms with E-state index in [1.807, 2.05) is 0 Å². The van der Waals surface area contributed by atoms with Crippen LogP contribution in [0, 0.1) is 87.3 Å². The Hall–Kier alpha value is 0. The summed E-state index contributed by atoms with van der Waals surface area (Å²) < 4.78 is 0. The largest absolute Gasteiger partial charge is 0.0475 e. The zero-order valence-corrected chi connectivity index (χ0v) is 25.4. The van der Waals surface area contributed by atoms with Gasteiger partial charge in [0.1, 0.15) is 0 Å². The maximum absolute atomic E-state index is 1.69. The quantitative estimate of drug-likeness (QED) is 0.321. The standard InChI is InChI=1S/C39H60/c1-25-2-27-3-26(1)14-37(13-25,15-27)22-34-10-35(23-38-16-28-4-29(17-38)6-30(5-28)18-38)12-36(11-34)24-39-19-31-7-32(20-39)9-33(8-31)21-39/h25-36H,1-24H2. The maximum Gasteiger partial charge on any atom is -0.0287 e. The van der Waals surface area contributed by atoms with Gasteiger partial charge in [0.2, 0.25) is 0 Å². The van der Waals surface area contributed by atoms with Crippen molar-refractivity contribution in [1.82, 2.24) is 0 Å². The summed E-state index contributed by atoms with van der Waals surface area (Å²) in [6.07, 6.45) is 39.7. The van der Waals surface area contributed by atoms with Crippen molar-refractivity contribution >= 4 is 0 Å². The average Bonchev–Trinajstić information content (AvgIpc) is 2.80. The maximum atomic E-state index is 1.69. The van der Waals surface area contributed by atoms with Crippen molar-refractivity contribution in [1.29, 1.82) is 0 Å². The van der Waals surface area contributed by atoms with E-state index in [-0.39, 0.29) is 0 Å². The van der Waals surface area contributed by atoms with E-state index in [0.29, 0.717) is 0 Å². The summed E-state index contributed by atoms with van der Waals surface area (Å²) >= 11 is 0. The molecule has 0 heteroatoms. The third kappa shape index (κ3) is 4.22. The molecule has 0 unspecified atom stereocenters. The minimum atomic E-state index is 0.813. The molecule has 0 spiro atoms. The highest BCUT2D eigenvalue weighted by atomic mass is 14.6. The first-order chi connectivity index (χ1) is 18.9. The van der Waals surface area contributed by atoms with Crippen molar-refractivity contribution in [2.75, 3.05) is 0 Å². The second-order valence-electron chi connectivity index (χ2n) is 20.2. The highest BCUT2D eigenvalue weighted by molar-refractivity contribution is 5.06. The zero-order valence-electron chi connectivity index (χ0n) is 25.4. The summed E-state index contributed by atoms with van der Waals surface area (Å²) in [5.41, 5.74) is 2.44. The van der Waals surface area contributed by atoms with Gasteiger partial charge < -0.3 is 0 Å². The van der Waals surface area contributed by atoms with Crippen molar-refractivity contribution in [2.24, 2.45) is 87.3 Å². The predicted octanol–water partition coefficient (Wildman–Crippen LogP) is 10.8. The van der Waals surface area contributed by atoms with E-state index in [1.54, 1.807) is 154 Å². The van der Waals surface area contributed by atoms with Crippen LogP contribution in [0.15, 0.2) is 0 Å². The number of hydrogen-bond acceptors (Lipinski definition) is 0. The first kappa shape index (κ1) is 24.4. The fourth-order valence-electron chi connectivity index (χ4n) is 17.7. The van der Waals surface area contributed by atoms with Crippen LogP contribution in [-0.4, -0.2) is 0 Å². The molecular formula is C39H60. The Morgan fingerprint density at radius 1 is 0.256 bits per heavy atom. The first-order valence-corrected chi connectivity index (χ1v) is 18.9. The molecule has 0 aromatic heterocycles. The van der Waals surface area contributed by atoms with Crippen LogP contribution >= 0.6 is 0 Å². The highest BCUT2D eigenvalue weighted by Crippen LogP contribution is 2.67. The Morgan fingerprint density at radius 3 is 0.615 bits per heavy atom.